The van der Waals surface area contributed by atoms with E-state index in [0.717, 1.165) is 0 Å². The van der Waals surface area contributed by atoms with Crippen molar-refractivity contribution in [3.8, 4) is 6.07 Å². The molecule has 1 N–H and O–H groups in total. The third kappa shape index (κ3) is 3.87. The number of carbonyl (C=O) groups excluding carboxylic acids is 1. The van der Waals surface area contributed by atoms with Gasteiger partial charge in [-0.3, -0.25) is 4.79 Å². The number of hydrogen-bond donors (Lipinski definition) is 1. The van der Waals surface area contributed by atoms with Gasteiger partial charge in [0.1, 0.15) is 11.6 Å². The highest BCUT2D eigenvalue weighted by molar-refractivity contribution is 6.33. The van der Waals surface area contributed by atoms with Crippen LogP contribution in [-0.4, -0.2) is 13.0 Å². The lowest BCUT2D eigenvalue weighted by Crippen LogP contribution is -2.18. The summed E-state index contributed by atoms with van der Waals surface area (Å²) in [5.41, 5.74) is 1.34. The second-order valence-corrected chi connectivity index (χ2v) is 4.94. The lowest BCUT2D eigenvalue weighted by Gasteiger charge is -2.16. The van der Waals surface area contributed by atoms with Crippen molar-refractivity contribution in [1.82, 2.24) is 0 Å². The van der Waals surface area contributed by atoms with E-state index >= 15 is 0 Å². The zero-order chi connectivity index (χ0) is 15.9. The SMILES string of the molecule is CN(/C=C(\C#N)C(=O)Nc1ccccc1)c1ccccc1Cl. The molecule has 0 atom stereocenters. The number of rotatable bonds is 4. The average Bonchev–Trinajstić information content (AvgIpc) is 2.53. The van der Waals surface area contributed by atoms with Crippen LogP contribution in [0.2, 0.25) is 5.02 Å². The Morgan fingerprint density at radius 1 is 1.18 bits per heavy atom. The van der Waals surface area contributed by atoms with Gasteiger partial charge >= 0.3 is 0 Å². The van der Waals surface area contributed by atoms with E-state index < -0.39 is 5.91 Å². The molecule has 5 heteroatoms. The Kier molecular flexibility index (Phi) is 5.18. The van der Waals surface area contributed by atoms with Gasteiger partial charge in [0.25, 0.3) is 5.91 Å². The number of nitrogens with zero attached hydrogens (tertiary/aromatic N) is 2. The minimum atomic E-state index is -0.465. The summed E-state index contributed by atoms with van der Waals surface area (Å²) in [4.78, 5) is 13.8. The minimum Gasteiger partial charge on any atom is -0.348 e. The molecule has 0 bridgehead atoms. The van der Waals surface area contributed by atoms with Crippen LogP contribution in [0.4, 0.5) is 11.4 Å². The van der Waals surface area contributed by atoms with E-state index in [1.165, 1.54) is 6.20 Å². The van der Waals surface area contributed by atoms with Crippen LogP contribution in [0.1, 0.15) is 0 Å². The molecule has 0 unspecified atom stereocenters. The van der Waals surface area contributed by atoms with Crippen molar-refractivity contribution in [2.24, 2.45) is 0 Å². The summed E-state index contributed by atoms with van der Waals surface area (Å²) < 4.78 is 0. The van der Waals surface area contributed by atoms with Crippen molar-refractivity contribution >= 4 is 28.9 Å². The molecule has 0 radical (unpaired) electrons. The fourth-order valence-electron chi connectivity index (χ4n) is 1.86. The molecule has 0 fully saturated rings. The van der Waals surface area contributed by atoms with Crippen LogP contribution in [-0.2, 0) is 4.79 Å². The van der Waals surface area contributed by atoms with Crippen LogP contribution in [0.25, 0.3) is 0 Å². The van der Waals surface area contributed by atoms with Gasteiger partial charge in [-0.25, -0.2) is 0 Å². The van der Waals surface area contributed by atoms with E-state index in [0.29, 0.717) is 16.4 Å². The van der Waals surface area contributed by atoms with Crippen molar-refractivity contribution in [2.75, 3.05) is 17.3 Å². The van der Waals surface area contributed by atoms with Gasteiger partial charge in [0, 0.05) is 18.9 Å². The smallest absolute Gasteiger partial charge is 0.267 e. The second kappa shape index (κ2) is 7.30. The highest BCUT2D eigenvalue weighted by atomic mass is 35.5. The quantitative estimate of drug-likeness (QED) is 0.690. The van der Waals surface area contributed by atoms with Gasteiger partial charge in [0.15, 0.2) is 0 Å². The maximum absolute atomic E-state index is 12.1. The Morgan fingerprint density at radius 2 is 1.82 bits per heavy atom. The maximum Gasteiger partial charge on any atom is 0.267 e. The van der Waals surface area contributed by atoms with Gasteiger partial charge in [-0.15, -0.1) is 0 Å². The first-order valence-electron chi connectivity index (χ1n) is 6.57. The number of halogens is 1. The van der Waals surface area contributed by atoms with Gasteiger partial charge < -0.3 is 10.2 Å². The first-order chi connectivity index (χ1) is 10.6. The molecule has 110 valence electrons. The molecule has 0 aliphatic heterocycles. The largest absolute Gasteiger partial charge is 0.348 e. The number of nitrogens with one attached hydrogen (secondary N) is 1. The molecular weight excluding hydrogens is 298 g/mol. The molecular formula is C17H14ClN3O. The Bertz CT molecular complexity index is 735. The van der Waals surface area contributed by atoms with Crippen LogP contribution in [0.15, 0.2) is 66.4 Å². The van der Waals surface area contributed by atoms with Gasteiger partial charge in [0.2, 0.25) is 0 Å². The van der Waals surface area contributed by atoms with Crippen molar-refractivity contribution in [3.05, 3.63) is 71.4 Å². The normalized spacial score (nSPS) is 10.7. The first-order valence-corrected chi connectivity index (χ1v) is 6.95. The number of benzene rings is 2. The molecule has 0 aromatic heterocycles. The van der Waals surface area contributed by atoms with Crippen LogP contribution >= 0.6 is 11.6 Å². The summed E-state index contributed by atoms with van der Waals surface area (Å²) in [5, 5.41) is 12.4. The van der Waals surface area contributed by atoms with Gasteiger partial charge in [0.05, 0.1) is 10.7 Å². The van der Waals surface area contributed by atoms with Gasteiger partial charge in [-0.1, -0.05) is 41.9 Å². The Morgan fingerprint density at radius 3 is 2.45 bits per heavy atom. The Labute approximate surface area is 134 Å². The number of carbonyl (C=O) groups is 1. The van der Waals surface area contributed by atoms with E-state index in [1.807, 2.05) is 30.3 Å². The lowest BCUT2D eigenvalue weighted by atomic mass is 10.2. The summed E-state index contributed by atoms with van der Waals surface area (Å²) >= 11 is 6.10. The zero-order valence-corrected chi connectivity index (χ0v) is 12.7. The van der Waals surface area contributed by atoms with Crippen LogP contribution in [0.3, 0.4) is 0 Å². The monoisotopic (exact) mass is 311 g/mol. The molecule has 4 nitrogen and oxygen atoms in total. The van der Waals surface area contributed by atoms with Crippen LogP contribution < -0.4 is 10.2 Å². The fourth-order valence-corrected chi connectivity index (χ4v) is 2.13. The number of amides is 1. The summed E-state index contributed by atoms with van der Waals surface area (Å²) in [6, 6.07) is 18.1. The van der Waals surface area contributed by atoms with Crippen molar-refractivity contribution in [3.63, 3.8) is 0 Å². The molecule has 0 aliphatic carbocycles. The molecule has 2 rings (SSSR count). The fraction of sp³-hybridized carbons (Fsp3) is 0.0588. The predicted molar refractivity (Wildman–Crippen MR) is 88.6 cm³/mol. The van der Waals surface area contributed by atoms with E-state index in [2.05, 4.69) is 5.32 Å². The van der Waals surface area contributed by atoms with Crippen molar-refractivity contribution < 1.29 is 4.79 Å². The topological polar surface area (TPSA) is 56.1 Å². The average molecular weight is 312 g/mol. The zero-order valence-electron chi connectivity index (χ0n) is 12.0. The van der Waals surface area contributed by atoms with Crippen LogP contribution in [0.5, 0.6) is 0 Å². The highest BCUT2D eigenvalue weighted by Gasteiger charge is 2.11. The maximum atomic E-state index is 12.1. The molecule has 2 aromatic rings. The Balaban J connectivity index is 2.19. The summed E-state index contributed by atoms with van der Waals surface area (Å²) in [7, 11) is 1.73. The minimum absolute atomic E-state index is 0.00808. The van der Waals surface area contributed by atoms with Gasteiger partial charge in [-0.2, -0.15) is 5.26 Å². The van der Waals surface area contributed by atoms with E-state index in [9.17, 15) is 10.1 Å². The molecule has 2 aromatic carbocycles. The number of hydrogen-bond acceptors (Lipinski definition) is 3. The predicted octanol–water partition coefficient (Wildman–Crippen LogP) is 3.82. The Hall–Kier alpha value is -2.77. The van der Waals surface area contributed by atoms with Crippen molar-refractivity contribution in [2.45, 2.75) is 0 Å². The van der Waals surface area contributed by atoms with Crippen LogP contribution in [0, 0.1) is 11.3 Å². The number of para-hydroxylation sites is 2. The first kappa shape index (κ1) is 15.6. The second-order valence-electron chi connectivity index (χ2n) is 4.54. The summed E-state index contributed by atoms with van der Waals surface area (Å²) in [6.07, 6.45) is 1.46. The third-order valence-electron chi connectivity index (χ3n) is 2.95. The molecule has 0 saturated heterocycles. The van der Waals surface area contributed by atoms with Gasteiger partial charge in [-0.05, 0) is 24.3 Å². The standard InChI is InChI=1S/C17H14ClN3O/c1-21(16-10-6-5-9-15(16)18)12-13(11-19)17(22)20-14-7-3-2-4-8-14/h2-10,12H,1H3,(H,20,22)/b13-12+. The number of nitriles is 1. The van der Waals surface area contributed by atoms with Crippen molar-refractivity contribution in [1.29, 1.82) is 5.26 Å². The molecule has 0 aliphatic rings. The molecule has 1 amide bonds. The van der Waals surface area contributed by atoms with E-state index in [1.54, 1.807) is 42.3 Å². The molecule has 0 spiro atoms. The van der Waals surface area contributed by atoms with E-state index in [-0.39, 0.29) is 5.57 Å². The van der Waals surface area contributed by atoms with E-state index in [4.69, 9.17) is 11.6 Å². The third-order valence-corrected chi connectivity index (χ3v) is 3.27. The summed E-state index contributed by atoms with van der Waals surface area (Å²) in [5.74, 6) is -0.465. The molecule has 22 heavy (non-hydrogen) atoms. The molecule has 0 heterocycles. The lowest BCUT2D eigenvalue weighted by molar-refractivity contribution is -0.112. The molecule has 0 saturated carbocycles. The highest BCUT2D eigenvalue weighted by Crippen LogP contribution is 2.24. The summed E-state index contributed by atoms with van der Waals surface area (Å²) in [6.45, 7) is 0. The number of anilines is 2.